The lowest BCUT2D eigenvalue weighted by molar-refractivity contribution is 0.197. The molecule has 0 amide bonds. The molecule has 0 aliphatic heterocycles. The number of ether oxygens (including phenoxy) is 1. The largest absolute Gasteiger partial charge is 0.383 e. The van der Waals surface area contributed by atoms with E-state index >= 15 is 0 Å². The van der Waals surface area contributed by atoms with E-state index < -0.39 is 11.6 Å². The van der Waals surface area contributed by atoms with Crippen molar-refractivity contribution < 1.29 is 13.5 Å². The maximum Gasteiger partial charge on any atom is 0.143 e. The van der Waals surface area contributed by atoms with Crippen LogP contribution < -0.4 is 5.32 Å². The lowest BCUT2D eigenvalue weighted by atomic mass is 9.96. The molecule has 5 heteroatoms. The average Bonchev–Trinajstić information content (AvgIpc) is 2.41. The summed E-state index contributed by atoms with van der Waals surface area (Å²) in [6.45, 7) is 4.13. The van der Waals surface area contributed by atoms with Crippen LogP contribution in [0.3, 0.4) is 0 Å². The second-order valence-electron chi connectivity index (χ2n) is 4.50. The van der Waals surface area contributed by atoms with Crippen molar-refractivity contribution in [2.24, 2.45) is 5.92 Å². The van der Waals surface area contributed by atoms with E-state index in [-0.39, 0.29) is 11.5 Å². The minimum atomic E-state index is -0.490. The maximum absolute atomic E-state index is 13.9. The number of rotatable bonds is 8. The molecule has 0 aliphatic rings. The molecule has 0 saturated heterocycles. The van der Waals surface area contributed by atoms with Crippen LogP contribution in [0.15, 0.2) is 16.6 Å². The third kappa shape index (κ3) is 5.16. The number of methoxy groups -OCH3 is 1. The van der Waals surface area contributed by atoms with Crippen molar-refractivity contribution in [1.82, 2.24) is 5.32 Å². The number of hydrogen-bond donors (Lipinski definition) is 1. The zero-order valence-corrected chi connectivity index (χ0v) is 12.9. The molecule has 0 radical (unpaired) electrons. The van der Waals surface area contributed by atoms with E-state index in [9.17, 15) is 8.78 Å². The van der Waals surface area contributed by atoms with Gasteiger partial charge in [-0.1, -0.05) is 13.3 Å². The smallest absolute Gasteiger partial charge is 0.143 e. The van der Waals surface area contributed by atoms with Crippen molar-refractivity contribution in [2.75, 3.05) is 26.8 Å². The Hall–Kier alpha value is -0.520. The topological polar surface area (TPSA) is 21.3 Å². The van der Waals surface area contributed by atoms with Gasteiger partial charge < -0.3 is 10.1 Å². The third-order valence-electron chi connectivity index (χ3n) is 3.13. The van der Waals surface area contributed by atoms with E-state index in [0.29, 0.717) is 17.5 Å². The van der Waals surface area contributed by atoms with Crippen LogP contribution in [-0.2, 0) is 11.2 Å². The van der Waals surface area contributed by atoms with Gasteiger partial charge in [-0.05, 0) is 46.9 Å². The van der Waals surface area contributed by atoms with E-state index in [0.717, 1.165) is 19.5 Å². The normalized spacial score (nSPS) is 12.7. The van der Waals surface area contributed by atoms with Gasteiger partial charge in [-0.3, -0.25) is 0 Å². The SMILES string of the molecule is CCC(CNCCOC)Cc1c(F)ccc(Br)c1F. The summed E-state index contributed by atoms with van der Waals surface area (Å²) in [6, 6.07) is 2.69. The molecule has 1 unspecified atom stereocenters. The van der Waals surface area contributed by atoms with Crippen molar-refractivity contribution >= 4 is 15.9 Å². The van der Waals surface area contributed by atoms with Crippen LogP contribution in [0.2, 0.25) is 0 Å². The Kier molecular flexibility index (Phi) is 7.49. The van der Waals surface area contributed by atoms with Gasteiger partial charge in [0.05, 0.1) is 11.1 Å². The van der Waals surface area contributed by atoms with Crippen molar-refractivity contribution in [3.63, 3.8) is 0 Å². The van der Waals surface area contributed by atoms with Gasteiger partial charge in [0.15, 0.2) is 0 Å². The van der Waals surface area contributed by atoms with Gasteiger partial charge in [-0.15, -0.1) is 0 Å². The molecule has 0 fully saturated rings. The van der Waals surface area contributed by atoms with Crippen LogP contribution in [-0.4, -0.2) is 26.8 Å². The van der Waals surface area contributed by atoms with Crippen LogP contribution in [0.1, 0.15) is 18.9 Å². The lowest BCUT2D eigenvalue weighted by Gasteiger charge is -2.17. The molecule has 108 valence electrons. The highest BCUT2D eigenvalue weighted by molar-refractivity contribution is 9.10. The molecule has 0 saturated carbocycles. The summed E-state index contributed by atoms with van der Waals surface area (Å²) >= 11 is 3.09. The zero-order valence-electron chi connectivity index (χ0n) is 11.3. The predicted octanol–water partition coefficient (Wildman–Crippen LogP) is 3.53. The standard InChI is InChI=1S/C14H20BrF2NO/c1-3-10(9-18-6-7-19-2)8-11-13(16)5-4-12(15)14(11)17/h4-5,10,18H,3,6-9H2,1-2H3. The van der Waals surface area contributed by atoms with Gasteiger partial charge in [0.25, 0.3) is 0 Å². The fourth-order valence-electron chi connectivity index (χ4n) is 1.89. The van der Waals surface area contributed by atoms with Crippen molar-refractivity contribution in [2.45, 2.75) is 19.8 Å². The minimum absolute atomic E-state index is 0.162. The summed E-state index contributed by atoms with van der Waals surface area (Å²) in [6.07, 6.45) is 1.26. The van der Waals surface area contributed by atoms with E-state index in [1.54, 1.807) is 7.11 Å². The zero-order chi connectivity index (χ0) is 14.3. The first-order chi connectivity index (χ1) is 9.10. The molecule has 2 nitrogen and oxygen atoms in total. The van der Waals surface area contributed by atoms with Crippen LogP contribution in [0.5, 0.6) is 0 Å². The molecule has 0 spiro atoms. The Morgan fingerprint density at radius 3 is 2.74 bits per heavy atom. The molecular formula is C14H20BrF2NO. The van der Waals surface area contributed by atoms with Crippen LogP contribution in [0.25, 0.3) is 0 Å². The Labute approximate surface area is 121 Å². The second-order valence-corrected chi connectivity index (χ2v) is 5.35. The molecule has 1 atom stereocenters. The maximum atomic E-state index is 13.9. The molecule has 19 heavy (non-hydrogen) atoms. The Morgan fingerprint density at radius 2 is 2.11 bits per heavy atom. The summed E-state index contributed by atoms with van der Waals surface area (Å²) < 4.78 is 32.8. The summed E-state index contributed by atoms with van der Waals surface area (Å²) in [4.78, 5) is 0. The Bertz CT molecular complexity index is 401. The van der Waals surface area contributed by atoms with Crippen molar-refractivity contribution in [3.05, 3.63) is 33.8 Å². The first kappa shape index (κ1) is 16.5. The Morgan fingerprint density at radius 1 is 1.37 bits per heavy atom. The molecule has 0 aliphatic carbocycles. The second kappa shape index (κ2) is 8.61. The first-order valence-electron chi connectivity index (χ1n) is 6.42. The molecule has 0 heterocycles. The highest BCUT2D eigenvalue weighted by Crippen LogP contribution is 2.24. The van der Waals surface area contributed by atoms with Gasteiger partial charge in [0.2, 0.25) is 0 Å². The Balaban J connectivity index is 2.63. The highest BCUT2D eigenvalue weighted by Gasteiger charge is 2.16. The van der Waals surface area contributed by atoms with E-state index in [2.05, 4.69) is 21.2 Å². The molecule has 0 bridgehead atoms. The van der Waals surface area contributed by atoms with E-state index in [1.807, 2.05) is 6.92 Å². The lowest BCUT2D eigenvalue weighted by Crippen LogP contribution is -2.27. The quantitative estimate of drug-likeness (QED) is 0.579. The highest BCUT2D eigenvalue weighted by atomic mass is 79.9. The van der Waals surface area contributed by atoms with Gasteiger partial charge in [0.1, 0.15) is 11.6 Å². The first-order valence-corrected chi connectivity index (χ1v) is 7.21. The molecular weight excluding hydrogens is 316 g/mol. The van der Waals surface area contributed by atoms with Crippen molar-refractivity contribution in [3.8, 4) is 0 Å². The summed E-state index contributed by atoms with van der Waals surface area (Å²) in [5.74, 6) is -0.762. The van der Waals surface area contributed by atoms with Gasteiger partial charge in [-0.2, -0.15) is 0 Å². The monoisotopic (exact) mass is 335 g/mol. The molecule has 1 rings (SSSR count). The molecule has 1 N–H and O–H groups in total. The molecule has 1 aromatic carbocycles. The van der Waals surface area contributed by atoms with Crippen molar-refractivity contribution in [1.29, 1.82) is 0 Å². The molecule has 1 aromatic rings. The number of hydrogen-bond acceptors (Lipinski definition) is 2. The van der Waals surface area contributed by atoms with Gasteiger partial charge in [0, 0.05) is 19.2 Å². The van der Waals surface area contributed by atoms with Crippen LogP contribution in [0, 0.1) is 17.6 Å². The summed E-state index contributed by atoms with van der Waals surface area (Å²) in [5.41, 5.74) is 0.162. The van der Waals surface area contributed by atoms with Gasteiger partial charge >= 0.3 is 0 Å². The fourth-order valence-corrected chi connectivity index (χ4v) is 2.26. The number of nitrogens with one attached hydrogen (secondary N) is 1. The average molecular weight is 336 g/mol. The number of benzene rings is 1. The van der Waals surface area contributed by atoms with Crippen LogP contribution in [0.4, 0.5) is 8.78 Å². The molecule has 0 aromatic heterocycles. The van der Waals surface area contributed by atoms with E-state index in [4.69, 9.17) is 4.74 Å². The number of halogens is 3. The summed E-state index contributed by atoms with van der Waals surface area (Å²) in [5, 5.41) is 3.23. The third-order valence-corrected chi connectivity index (χ3v) is 3.74. The van der Waals surface area contributed by atoms with E-state index in [1.165, 1.54) is 12.1 Å². The fraction of sp³-hybridized carbons (Fsp3) is 0.571. The predicted molar refractivity (Wildman–Crippen MR) is 76.3 cm³/mol. The van der Waals surface area contributed by atoms with Crippen LogP contribution >= 0.6 is 15.9 Å². The summed E-state index contributed by atoms with van der Waals surface area (Å²) in [7, 11) is 1.64. The van der Waals surface area contributed by atoms with Gasteiger partial charge in [-0.25, -0.2) is 8.78 Å². The minimum Gasteiger partial charge on any atom is -0.383 e.